The number of hydrogen-bond donors (Lipinski definition) is 0. The molecule has 2 fully saturated rings. The lowest BCUT2D eigenvalue weighted by atomic mass is 10.1. The largest absolute Gasteiger partial charge is 0.496 e. The molecule has 2 heterocycles. The summed E-state index contributed by atoms with van der Waals surface area (Å²) in [6.45, 7) is 1.84. The number of nitrogens with zero attached hydrogens (tertiary/aromatic N) is 2. The Hall–Kier alpha value is -2.33. The Bertz CT molecular complexity index is 731. The molecule has 24 heavy (non-hydrogen) atoms. The first-order valence-electron chi connectivity index (χ1n) is 8.54. The van der Waals surface area contributed by atoms with Crippen LogP contribution in [0.25, 0.3) is 0 Å². The van der Waals surface area contributed by atoms with Crippen molar-refractivity contribution in [2.45, 2.75) is 25.0 Å². The fourth-order valence-electron chi connectivity index (χ4n) is 4.05. The average Bonchev–Trinajstić information content (AvgIpc) is 3.22. The van der Waals surface area contributed by atoms with Crippen molar-refractivity contribution < 1.29 is 9.53 Å². The quantitative estimate of drug-likeness (QED) is 0.869. The predicted octanol–water partition coefficient (Wildman–Crippen LogP) is 3.31. The first-order chi connectivity index (χ1) is 11.8. The number of ether oxygens (including phenoxy) is 1. The van der Waals surface area contributed by atoms with Gasteiger partial charge in [-0.25, -0.2) is 0 Å². The van der Waals surface area contributed by atoms with Gasteiger partial charge in [-0.3, -0.25) is 9.69 Å². The Kier molecular flexibility index (Phi) is 3.98. The fraction of sp³-hybridized carbons (Fsp3) is 0.350. The van der Waals surface area contributed by atoms with Crippen molar-refractivity contribution in [2.24, 2.45) is 0 Å². The van der Waals surface area contributed by atoms with Crippen molar-refractivity contribution >= 4 is 5.91 Å². The molecule has 0 bridgehead atoms. The van der Waals surface area contributed by atoms with Gasteiger partial charge < -0.3 is 9.64 Å². The lowest BCUT2D eigenvalue weighted by Gasteiger charge is -2.30. The van der Waals surface area contributed by atoms with Crippen LogP contribution in [-0.2, 0) is 0 Å². The topological polar surface area (TPSA) is 32.8 Å². The fourth-order valence-corrected chi connectivity index (χ4v) is 4.05. The van der Waals surface area contributed by atoms with E-state index in [2.05, 4.69) is 17.0 Å². The normalized spacial score (nSPS) is 23.3. The summed E-state index contributed by atoms with van der Waals surface area (Å²) >= 11 is 0. The molecule has 4 rings (SSSR count). The van der Waals surface area contributed by atoms with Gasteiger partial charge in [-0.15, -0.1) is 0 Å². The van der Waals surface area contributed by atoms with Gasteiger partial charge in [0.25, 0.3) is 5.91 Å². The van der Waals surface area contributed by atoms with Crippen molar-refractivity contribution in [3.8, 4) is 5.75 Å². The maximum absolute atomic E-state index is 13.3. The summed E-state index contributed by atoms with van der Waals surface area (Å²) in [6, 6.07) is 18.3. The van der Waals surface area contributed by atoms with Crippen LogP contribution >= 0.6 is 0 Å². The first kappa shape index (κ1) is 15.2. The lowest BCUT2D eigenvalue weighted by molar-refractivity contribution is 0.0635. The Morgan fingerprint density at radius 1 is 1.08 bits per heavy atom. The van der Waals surface area contributed by atoms with Crippen LogP contribution in [-0.4, -0.2) is 41.9 Å². The van der Waals surface area contributed by atoms with Crippen LogP contribution in [0.4, 0.5) is 0 Å². The summed E-state index contributed by atoms with van der Waals surface area (Å²) in [7, 11) is 1.61. The molecule has 4 nitrogen and oxygen atoms in total. The second-order valence-corrected chi connectivity index (χ2v) is 6.48. The van der Waals surface area contributed by atoms with Gasteiger partial charge in [-0.1, -0.05) is 42.5 Å². The monoisotopic (exact) mass is 322 g/mol. The lowest BCUT2D eigenvalue weighted by Crippen LogP contribution is -2.35. The third-order valence-electron chi connectivity index (χ3n) is 5.14. The van der Waals surface area contributed by atoms with Gasteiger partial charge in [0.05, 0.1) is 12.7 Å². The van der Waals surface area contributed by atoms with E-state index in [0.717, 1.165) is 13.1 Å². The Morgan fingerprint density at radius 2 is 1.83 bits per heavy atom. The van der Waals surface area contributed by atoms with Gasteiger partial charge in [0.1, 0.15) is 11.9 Å². The first-order valence-corrected chi connectivity index (χ1v) is 8.54. The number of rotatable bonds is 3. The molecule has 2 aliphatic rings. The number of hydrogen-bond acceptors (Lipinski definition) is 3. The van der Waals surface area contributed by atoms with Crippen LogP contribution in [0, 0.1) is 0 Å². The highest BCUT2D eigenvalue weighted by Crippen LogP contribution is 2.40. The van der Waals surface area contributed by atoms with Crippen molar-refractivity contribution in [1.29, 1.82) is 0 Å². The van der Waals surface area contributed by atoms with E-state index in [-0.39, 0.29) is 12.1 Å². The maximum Gasteiger partial charge on any atom is 0.259 e. The second-order valence-electron chi connectivity index (χ2n) is 6.48. The molecule has 2 atom stereocenters. The van der Waals surface area contributed by atoms with E-state index < -0.39 is 0 Å². The predicted molar refractivity (Wildman–Crippen MR) is 92.9 cm³/mol. The van der Waals surface area contributed by atoms with Crippen molar-refractivity contribution in [1.82, 2.24) is 9.80 Å². The van der Waals surface area contributed by atoms with Crippen LogP contribution in [0.3, 0.4) is 0 Å². The summed E-state index contributed by atoms with van der Waals surface area (Å²) in [6.07, 6.45) is 2.40. The highest BCUT2D eigenvalue weighted by atomic mass is 16.5. The van der Waals surface area contributed by atoms with Crippen LogP contribution < -0.4 is 4.74 Å². The number of benzene rings is 2. The smallest absolute Gasteiger partial charge is 0.259 e. The summed E-state index contributed by atoms with van der Waals surface area (Å²) < 4.78 is 5.40. The van der Waals surface area contributed by atoms with Crippen molar-refractivity contribution in [2.75, 3.05) is 20.2 Å². The van der Waals surface area contributed by atoms with E-state index in [1.165, 1.54) is 18.4 Å². The summed E-state index contributed by atoms with van der Waals surface area (Å²) in [5, 5.41) is 0. The number of methoxy groups -OCH3 is 1. The standard InChI is InChI=1S/C20H22N2O2/c1-24-18-12-6-5-11-17(18)20(23)22-14-16-10-7-13-21(16)19(22)15-8-3-2-4-9-15/h2-6,8-9,11-12,16,19H,7,10,13-14H2,1H3. The van der Waals surface area contributed by atoms with Gasteiger partial charge in [0.15, 0.2) is 0 Å². The zero-order valence-electron chi connectivity index (χ0n) is 13.9. The Labute approximate surface area is 142 Å². The molecule has 0 spiro atoms. The molecule has 4 heteroatoms. The molecular weight excluding hydrogens is 300 g/mol. The minimum Gasteiger partial charge on any atom is -0.496 e. The van der Waals surface area contributed by atoms with Crippen LogP contribution in [0.15, 0.2) is 54.6 Å². The SMILES string of the molecule is COc1ccccc1C(=O)N1CC2CCCN2C1c1ccccc1. The van der Waals surface area contributed by atoms with Crippen LogP contribution in [0.2, 0.25) is 0 Å². The molecule has 0 radical (unpaired) electrons. The molecule has 0 aliphatic carbocycles. The maximum atomic E-state index is 13.3. The highest BCUT2D eigenvalue weighted by molar-refractivity contribution is 5.97. The minimum atomic E-state index is 0.0242. The molecule has 0 aromatic heterocycles. The van der Waals surface area contributed by atoms with E-state index in [9.17, 15) is 4.79 Å². The van der Waals surface area contributed by atoms with E-state index in [0.29, 0.717) is 17.4 Å². The third-order valence-corrected chi connectivity index (χ3v) is 5.14. The summed E-state index contributed by atoms with van der Waals surface area (Å²) in [5.74, 6) is 0.692. The molecule has 1 amide bonds. The molecule has 2 aromatic carbocycles. The van der Waals surface area contributed by atoms with Gasteiger partial charge in [0.2, 0.25) is 0 Å². The van der Waals surface area contributed by atoms with E-state index >= 15 is 0 Å². The zero-order valence-corrected chi connectivity index (χ0v) is 13.9. The number of amides is 1. The molecular formula is C20H22N2O2. The molecule has 2 aromatic rings. The average molecular weight is 322 g/mol. The zero-order chi connectivity index (χ0) is 16.5. The minimum absolute atomic E-state index is 0.0242. The summed E-state index contributed by atoms with van der Waals surface area (Å²) in [4.78, 5) is 17.7. The molecule has 0 N–H and O–H groups in total. The number of para-hydroxylation sites is 1. The molecule has 0 saturated carbocycles. The Balaban J connectivity index is 1.71. The van der Waals surface area contributed by atoms with E-state index in [4.69, 9.17) is 4.74 Å². The van der Waals surface area contributed by atoms with Crippen molar-refractivity contribution in [3.05, 3.63) is 65.7 Å². The third kappa shape index (κ3) is 2.47. The van der Waals surface area contributed by atoms with Crippen LogP contribution in [0.5, 0.6) is 5.75 Å². The van der Waals surface area contributed by atoms with E-state index in [1.54, 1.807) is 7.11 Å². The van der Waals surface area contributed by atoms with Crippen molar-refractivity contribution in [3.63, 3.8) is 0 Å². The van der Waals surface area contributed by atoms with Gasteiger partial charge in [0, 0.05) is 19.1 Å². The molecule has 2 unspecified atom stereocenters. The number of carbonyl (C=O) groups excluding carboxylic acids is 1. The van der Waals surface area contributed by atoms with E-state index in [1.807, 2.05) is 47.4 Å². The molecule has 124 valence electrons. The van der Waals surface area contributed by atoms with Crippen LogP contribution in [0.1, 0.15) is 34.9 Å². The number of fused-ring (bicyclic) bond motifs is 1. The van der Waals surface area contributed by atoms with Gasteiger partial charge in [-0.05, 0) is 30.5 Å². The highest BCUT2D eigenvalue weighted by Gasteiger charge is 2.45. The van der Waals surface area contributed by atoms with Gasteiger partial charge in [-0.2, -0.15) is 0 Å². The molecule has 2 aliphatic heterocycles. The second kappa shape index (κ2) is 6.29. The van der Waals surface area contributed by atoms with Gasteiger partial charge >= 0.3 is 0 Å². The summed E-state index contributed by atoms with van der Waals surface area (Å²) in [5.41, 5.74) is 1.83. The number of carbonyl (C=O) groups is 1. The molecule has 2 saturated heterocycles. The Morgan fingerprint density at radius 3 is 2.62 bits per heavy atom.